The number of alkyl halides is 3. The number of hydrogen-bond donors (Lipinski definition) is 3. The van der Waals surface area contributed by atoms with Crippen LogP contribution in [-0.4, -0.2) is 88.6 Å². The first-order valence-corrected chi connectivity index (χ1v) is 10.2. The second-order valence-electron chi connectivity index (χ2n) is 8.22. The van der Waals surface area contributed by atoms with Crippen LogP contribution < -0.4 is 10.6 Å². The van der Waals surface area contributed by atoms with E-state index in [-0.39, 0.29) is 23.9 Å². The highest BCUT2D eigenvalue weighted by molar-refractivity contribution is 5.92. The summed E-state index contributed by atoms with van der Waals surface area (Å²) in [6.07, 6.45) is -3.19. The lowest BCUT2D eigenvalue weighted by Gasteiger charge is -2.32. The summed E-state index contributed by atoms with van der Waals surface area (Å²) in [4.78, 5) is 53.7. The number of halogens is 3. The molecule has 2 aliphatic rings. The fourth-order valence-electron chi connectivity index (χ4n) is 3.57. The van der Waals surface area contributed by atoms with E-state index in [1.54, 1.807) is 34.2 Å². The topological polar surface area (TPSA) is 132 Å². The number of carbonyl (C=O) groups is 4. The molecule has 3 N–H and O–H groups in total. The van der Waals surface area contributed by atoms with Crippen molar-refractivity contribution in [3.8, 4) is 0 Å². The summed E-state index contributed by atoms with van der Waals surface area (Å²) >= 11 is 0. The van der Waals surface area contributed by atoms with Crippen molar-refractivity contribution in [2.24, 2.45) is 5.41 Å². The molecule has 10 nitrogen and oxygen atoms in total. The van der Waals surface area contributed by atoms with Crippen molar-refractivity contribution in [2.75, 3.05) is 32.7 Å². The van der Waals surface area contributed by atoms with E-state index in [9.17, 15) is 27.6 Å². The maximum Gasteiger partial charge on any atom is 0.490 e. The van der Waals surface area contributed by atoms with Gasteiger partial charge in [0.05, 0.1) is 0 Å². The maximum absolute atomic E-state index is 12.9. The molecule has 13 heteroatoms. The van der Waals surface area contributed by atoms with Crippen LogP contribution in [0.15, 0.2) is 24.4 Å². The Bertz CT molecular complexity index is 881. The first-order valence-electron chi connectivity index (χ1n) is 10.2. The van der Waals surface area contributed by atoms with Gasteiger partial charge in [-0.15, -0.1) is 0 Å². The van der Waals surface area contributed by atoms with E-state index in [0.29, 0.717) is 44.8 Å². The number of urea groups is 1. The molecule has 1 atom stereocenters. The molecule has 3 heterocycles. The van der Waals surface area contributed by atoms with Gasteiger partial charge in [-0.25, -0.2) is 9.59 Å². The van der Waals surface area contributed by atoms with E-state index in [0.717, 1.165) is 0 Å². The second kappa shape index (κ2) is 10.5. The molecule has 1 unspecified atom stereocenters. The average molecular weight is 473 g/mol. The highest BCUT2D eigenvalue weighted by Crippen LogP contribution is 2.31. The molecule has 2 fully saturated rings. The molecule has 3 rings (SSSR count). The molecule has 1 spiro atoms. The number of aromatic nitrogens is 1. The van der Waals surface area contributed by atoms with Crippen LogP contribution >= 0.6 is 0 Å². The number of carbonyl (C=O) groups excluding carboxylic acids is 3. The summed E-state index contributed by atoms with van der Waals surface area (Å²) < 4.78 is 31.7. The predicted octanol–water partition coefficient (Wildman–Crippen LogP) is 1.10. The van der Waals surface area contributed by atoms with E-state index in [1.807, 2.05) is 13.8 Å². The van der Waals surface area contributed by atoms with Gasteiger partial charge in [0, 0.05) is 56.8 Å². The van der Waals surface area contributed by atoms with Crippen molar-refractivity contribution >= 4 is 23.8 Å². The fraction of sp³-hybridized carbons (Fsp3) is 0.550. The highest BCUT2D eigenvalue weighted by atomic mass is 19.4. The number of carboxylic acid groups (broad SMARTS) is 1. The quantitative estimate of drug-likeness (QED) is 0.589. The number of amides is 4. The molecule has 0 radical (unpaired) electrons. The Morgan fingerprint density at radius 1 is 1.18 bits per heavy atom. The average Bonchev–Trinajstić information content (AvgIpc) is 2.98. The molecule has 2 aliphatic heterocycles. The molecule has 33 heavy (non-hydrogen) atoms. The van der Waals surface area contributed by atoms with Gasteiger partial charge < -0.3 is 25.5 Å². The van der Waals surface area contributed by atoms with Crippen LogP contribution in [0, 0.1) is 5.41 Å². The van der Waals surface area contributed by atoms with Gasteiger partial charge in [0.1, 0.15) is 5.69 Å². The molecular formula is C20H26F3N5O5. The summed E-state index contributed by atoms with van der Waals surface area (Å²) in [6.45, 7) is 5.97. The van der Waals surface area contributed by atoms with Gasteiger partial charge in [-0.3, -0.25) is 14.6 Å². The smallest absolute Gasteiger partial charge is 0.475 e. The van der Waals surface area contributed by atoms with Gasteiger partial charge in [0.2, 0.25) is 5.91 Å². The third-order valence-corrected chi connectivity index (χ3v) is 5.00. The number of carboxylic acids is 1. The van der Waals surface area contributed by atoms with E-state index >= 15 is 0 Å². The third kappa shape index (κ3) is 7.32. The second-order valence-corrected chi connectivity index (χ2v) is 8.22. The van der Waals surface area contributed by atoms with E-state index in [4.69, 9.17) is 9.90 Å². The van der Waals surface area contributed by atoms with Crippen molar-refractivity contribution in [1.82, 2.24) is 25.4 Å². The summed E-state index contributed by atoms with van der Waals surface area (Å²) in [5, 5.41) is 12.9. The zero-order chi connectivity index (χ0) is 24.8. The van der Waals surface area contributed by atoms with Crippen molar-refractivity contribution < 1.29 is 37.5 Å². The molecule has 2 saturated heterocycles. The number of rotatable bonds is 2. The van der Waals surface area contributed by atoms with Crippen LogP contribution in [0.1, 0.15) is 30.8 Å². The predicted molar refractivity (Wildman–Crippen MR) is 109 cm³/mol. The van der Waals surface area contributed by atoms with E-state index in [1.165, 1.54) is 0 Å². The zero-order valence-corrected chi connectivity index (χ0v) is 18.2. The molecule has 0 aromatic carbocycles. The van der Waals surface area contributed by atoms with Crippen LogP contribution in [0.2, 0.25) is 0 Å². The van der Waals surface area contributed by atoms with Crippen LogP contribution in [0.4, 0.5) is 18.0 Å². The first kappa shape index (κ1) is 25.9. The van der Waals surface area contributed by atoms with Gasteiger partial charge in [0.15, 0.2) is 0 Å². The van der Waals surface area contributed by atoms with E-state index < -0.39 is 17.6 Å². The summed E-state index contributed by atoms with van der Waals surface area (Å²) in [7, 11) is 0. The Hall–Kier alpha value is -3.38. The molecule has 1 aromatic heterocycles. The molecule has 0 aliphatic carbocycles. The standard InChI is InChI=1S/C18H25N5O3.C2HF3O2/c1-13(2)21-17(26)23-8-7-22(16(25)14-5-3-4-6-19-14)11-18(12-23)9-15(24)20-10-18;3-2(4,5)1(6)7/h3-6,13H,7-12H2,1-2H3,(H,20,24)(H,21,26);(H,6,7). The monoisotopic (exact) mass is 473 g/mol. The highest BCUT2D eigenvalue weighted by Gasteiger charge is 2.45. The zero-order valence-electron chi connectivity index (χ0n) is 18.2. The Morgan fingerprint density at radius 2 is 1.79 bits per heavy atom. The summed E-state index contributed by atoms with van der Waals surface area (Å²) in [6, 6.07) is 5.08. The number of pyridine rings is 1. The summed E-state index contributed by atoms with van der Waals surface area (Å²) in [5.74, 6) is -2.97. The van der Waals surface area contributed by atoms with Gasteiger partial charge in [-0.2, -0.15) is 13.2 Å². The Morgan fingerprint density at radius 3 is 2.27 bits per heavy atom. The lowest BCUT2D eigenvalue weighted by atomic mass is 9.86. The SMILES string of the molecule is CC(C)NC(=O)N1CCN(C(=O)c2ccccn2)CC2(CNC(=O)C2)C1.O=C(O)C(F)(F)F. The minimum atomic E-state index is -5.08. The van der Waals surface area contributed by atoms with Crippen molar-refractivity contribution in [2.45, 2.75) is 32.5 Å². The van der Waals surface area contributed by atoms with Crippen LogP contribution in [-0.2, 0) is 9.59 Å². The number of aliphatic carboxylic acids is 1. The minimum absolute atomic E-state index is 0.0243. The number of hydrogen-bond acceptors (Lipinski definition) is 5. The molecule has 1 aromatic rings. The van der Waals surface area contributed by atoms with Crippen LogP contribution in [0.25, 0.3) is 0 Å². The van der Waals surface area contributed by atoms with Crippen molar-refractivity contribution in [3.63, 3.8) is 0 Å². The Balaban J connectivity index is 0.000000479. The largest absolute Gasteiger partial charge is 0.490 e. The number of nitrogens with one attached hydrogen (secondary N) is 2. The molecular weight excluding hydrogens is 447 g/mol. The van der Waals surface area contributed by atoms with Gasteiger partial charge >= 0.3 is 18.2 Å². The Kier molecular flexibility index (Phi) is 8.23. The molecule has 182 valence electrons. The minimum Gasteiger partial charge on any atom is -0.475 e. The molecule has 4 amide bonds. The first-order chi connectivity index (χ1) is 15.3. The van der Waals surface area contributed by atoms with Gasteiger partial charge in [0.25, 0.3) is 5.91 Å². The maximum atomic E-state index is 12.9. The summed E-state index contributed by atoms with van der Waals surface area (Å²) in [5.41, 5.74) is -0.0909. The lowest BCUT2D eigenvalue weighted by Crippen LogP contribution is -2.48. The van der Waals surface area contributed by atoms with Gasteiger partial charge in [-0.1, -0.05) is 6.07 Å². The van der Waals surface area contributed by atoms with Gasteiger partial charge in [-0.05, 0) is 26.0 Å². The Labute approximate surface area is 188 Å². The van der Waals surface area contributed by atoms with Crippen LogP contribution in [0.5, 0.6) is 0 Å². The molecule has 0 bridgehead atoms. The van der Waals surface area contributed by atoms with Crippen molar-refractivity contribution in [3.05, 3.63) is 30.1 Å². The lowest BCUT2D eigenvalue weighted by molar-refractivity contribution is -0.192. The fourth-order valence-corrected chi connectivity index (χ4v) is 3.57. The normalized spacial score (nSPS) is 20.6. The molecule has 0 saturated carbocycles. The van der Waals surface area contributed by atoms with Crippen LogP contribution in [0.3, 0.4) is 0 Å². The number of nitrogens with zero attached hydrogens (tertiary/aromatic N) is 3. The van der Waals surface area contributed by atoms with Crippen molar-refractivity contribution in [1.29, 1.82) is 0 Å². The third-order valence-electron chi connectivity index (χ3n) is 5.00. The van der Waals surface area contributed by atoms with E-state index in [2.05, 4.69) is 15.6 Å².